The number of aliphatic imine (C=N–C) groups is 1. The summed E-state index contributed by atoms with van der Waals surface area (Å²) in [5, 5.41) is 3.29. The molecule has 7 heteroatoms. The molecule has 0 atom stereocenters. The number of guanidine groups is 1. The van der Waals surface area contributed by atoms with Crippen LogP contribution in [-0.4, -0.2) is 57.8 Å². The Kier molecular flexibility index (Phi) is 10.1. The summed E-state index contributed by atoms with van der Waals surface area (Å²) in [7, 11) is 1.60. The van der Waals surface area contributed by atoms with E-state index in [9.17, 15) is 8.42 Å². The lowest BCUT2D eigenvalue weighted by Crippen LogP contribution is -2.39. The highest BCUT2D eigenvalue weighted by atomic mass is 32.2. The van der Waals surface area contributed by atoms with Crippen LogP contribution in [0.5, 0.6) is 0 Å². The van der Waals surface area contributed by atoms with Gasteiger partial charge in [-0.3, -0.25) is 0 Å². The molecule has 0 unspecified atom stereocenters. The number of hydrogen-bond donors (Lipinski definition) is 1. The minimum atomic E-state index is -3.49. The van der Waals surface area contributed by atoms with E-state index in [1.165, 1.54) is 4.31 Å². The van der Waals surface area contributed by atoms with Gasteiger partial charge in [-0.15, -0.1) is 6.58 Å². The molecular formula is C20H34N4O2S. The summed E-state index contributed by atoms with van der Waals surface area (Å²) in [5.74, 6) is 0.790. The molecule has 1 aromatic rings. The lowest BCUT2D eigenvalue weighted by molar-refractivity contribution is 0.455. The van der Waals surface area contributed by atoms with Crippen molar-refractivity contribution in [3.63, 3.8) is 0 Å². The molecule has 0 aliphatic heterocycles. The van der Waals surface area contributed by atoms with E-state index in [2.05, 4.69) is 21.8 Å². The van der Waals surface area contributed by atoms with Crippen LogP contribution in [0.2, 0.25) is 0 Å². The molecule has 152 valence electrons. The number of rotatable bonds is 11. The molecular weight excluding hydrogens is 360 g/mol. The maximum Gasteiger partial charge on any atom is 0.242 e. The zero-order valence-electron chi connectivity index (χ0n) is 17.1. The molecule has 1 N–H and O–H groups in total. The first kappa shape index (κ1) is 23.2. The minimum absolute atomic E-state index is 0.307. The molecule has 0 fully saturated rings. The Morgan fingerprint density at radius 3 is 2.52 bits per heavy atom. The third-order valence-electron chi connectivity index (χ3n) is 4.23. The highest BCUT2D eigenvalue weighted by Crippen LogP contribution is 2.19. The van der Waals surface area contributed by atoms with E-state index in [1.807, 2.05) is 32.2 Å². The summed E-state index contributed by atoms with van der Waals surface area (Å²) in [5.41, 5.74) is 0.695. The van der Waals surface area contributed by atoms with Crippen LogP contribution >= 0.6 is 0 Å². The van der Waals surface area contributed by atoms with Gasteiger partial charge >= 0.3 is 0 Å². The van der Waals surface area contributed by atoms with Crippen molar-refractivity contribution in [3.05, 3.63) is 42.5 Å². The Balaban J connectivity index is 2.88. The van der Waals surface area contributed by atoms with Crippen molar-refractivity contribution in [1.82, 2.24) is 14.5 Å². The highest BCUT2D eigenvalue weighted by molar-refractivity contribution is 7.89. The van der Waals surface area contributed by atoms with Crippen LogP contribution in [0.1, 0.15) is 38.2 Å². The Morgan fingerprint density at radius 2 is 1.89 bits per heavy atom. The van der Waals surface area contributed by atoms with Gasteiger partial charge in [0.2, 0.25) is 10.0 Å². The van der Waals surface area contributed by atoms with Crippen LogP contribution < -0.4 is 5.32 Å². The zero-order chi connectivity index (χ0) is 20.3. The molecule has 0 heterocycles. The number of allylic oxidation sites excluding steroid dienone is 1. The highest BCUT2D eigenvalue weighted by Gasteiger charge is 2.20. The predicted octanol–water partition coefficient (Wildman–Crippen LogP) is 3.08. The van der Waals surface area contributed by atoms with E-state index in [4.69, 9.17) is 0 Å². The summed E-state index contributed by atoms with van der Waals surface area (Å²) in [6, 6.07) is 7.04. The average Bonchev–Trinajstić information content (AvgIpc) is 2.64. The Hall–Kier alpha value is -1.86. The quantitative estimate of drug-likeness (QED) is 0.271. The van der Waals surface area contributed by atoms with Crippen LogP contribution in [0.15, 0.2) is 46.8 Å². The topological polar surface area (TPSA) is 65.0 Å². The zero-order valence-corrected chi connectivity index (χ0v) is 17.9. The van der Waals surface area contributed by atoms with Crippen LogP contribution in [0.4, 0.5) is 0 Å². The predicted molar refractivity (Wildman–Crippen MR) is 113 cm³/mol. The molecule has 0 spiro atoms. The third kappa shape index (κ3) is 7.34. The van der Waals surface area contributed by atoms with E-state index < -0.39 is 10.0 Å². The van der Waals surface area contributed by atoms with Gasteiger partial charge < -0.3 is 10.2 Å². The van der Waals surface area contributed by atoms with Crippen LogP contribution in [0.3, 0.4) is 0 Å². The fourth-order valence-corrected chi connectivity index (χ4v) is 3.74. The summed E-state index contributed by atoms with van der Waals surface area (Å²) in [4.78, 5) is 7.07. The van der Waals surface area contributed by atoms with Gasteiger partial charge in [0.05, 0.1) is 11.4 Å². The number of hydrogen-bond acceptors (Lipinski definition) is 3. The fraction of sp³-hybridized carbons (Fsp3) is 0.550. The lowest BCUT2D eigenvalue weighted by atomic mass is 10.2. The molecule has 0 amide bonds. The summed E-state index contributed by atoms with van der Waals surface area (Å²) in [6.07, 6.45) is 6.39. The van der Waals surface area contributed by atoms with Crippen molar-refractivity contribution in [2.45, 2.75) is 44.0 Å². The summed E-state index contributed by atoms with van der Waals surface area (Å²) < 4.78 is 26.3. The first-order valence-corrected chi connectivity index (χ1v) is 10.9. The smallest absolute Gasteiger partial charge is 0.242 e. The largest absolute Gasteiger partial charge is 0.357 e. The molecule has 0 bridgehead atoms. The van der Waals surface area contributed by atoms with Crippen molar-refractivity contribution in [3.8, 4) is 0 Å². The molecule has 0 radical (unpaired) electrons. The van der Waals surface area contributed by atoms with Crippen molar-refractivity contribution in [2.75, 3.05) is 34.2 Å². The second kappa shape index (κ2) is 11.8. The van der Waals surface area contributed by atoms with E-state index in [0.29, 0.717) is 17.0 Å². The molecule has 27 heavy (non-hydrogen) atoms. The normalized spacial score (nSPS) is 12.3. The van der Waals surface area contributed by atoms with Gasteiger partial charge in [0.15, 0.2) is 5.96 Å². The number of sulfonamides is 1. The van der Waals surface area contributed by atoms with E-state index >= 15 is 0 Å². The lowest BCUT2D eigenvalue weighted by Gasteiger charge is -2.22. The first-order valence-electron chi connectivity index (χ1n) is 9.45. The second-order valence-electron chi connectivity index (χ2n) is 6.62. The van der Waals surface area contributed by atoms with Gasteiger partial charge in [-0.2, -0.15) is 0 Å². The van der Waals surface area contributed by atoms with Gasteiger partial charge in [-0.1, -0.05) is 30.7 Å². The minimum Gasteiger partial charge on any atom is -0.357 e. The van der Waals surface area contributed by atoms with Gasteiger partial charge in [-0.05, 0) is 37.8 Å². The maximum absolute atomic E-state index is 12.5. The molecule has 0 aromatic heterocycles. The van der Waals surface area contributed by atoms with Gasteiger partial charge in [0, 0.05) is 34.2 Å². The summed E-state index contributed by atoms with van der Waals surface area (Å²) >= 11 is 0. The van der Waals surface area contributed by atoms with Gasteiger partial charge in [-0.25, -0.2) is 17.7 Å². The molecule has 0 saturated heterocycles. The third-order valence-corrected chi connectivity index (χ3v) is 6.14. The van der Waals surface area contributed by atoms with Gasteiger partial charge in [0.25, 0.3) is 0 Å². The SMILES string of the molecule is C=CCCCCCN(C)C(=NCc1ccccc1S(=O)(=O)N(C)C)NCC. The molecule has 6 nitrogen and oxygen atoms in total. The van der Waals surface area contributed by atoms with Crippen molar-refractivity contribution in [2.24, 2.45) is 4.99 Å². The monoisotopic (exact) mass is 394 g/mol. The van der Waals surface area contributed by atoms with Crippen molar-refractivity contribution in [1.29, 1.82) is 0 Å². The number of unbranched alkanes of at least 4 members (excludes halogenated alkanes) is 3. The van der Waals surface area contributed by atoms with Gasteiger partial charge in [0.1, 0.15) is 0 Å². The van der Waals surface area contributed by atoms with Crippen LogP contribution in [-0.2, 0) is 16.6 Å². The van der Waals surface area contributed by atoms with Crippen molar-refractivity contribution < 1.29 is 8.42 Å². The van der Waals surface area contributed by atoms with E-state index in [-0.39, 0.29) is 0 Å². The van der Waals surface area contributed by atoms with Crippen LogP contribution in [0.25, 0.3) is 0 Å². The average molecular weight is 395 g/mol. The van der Waals surface area contributed by atoms with E-state index in [0.717, 1.165) is 44.7 Å². The molecule has 1 rings (SSSR count). The molecule has 0 saturated carbocycles. The van der Waals surface area contributed by atoms with Crippen molar-refractivity contribution >= 4 is 16.0 Å². The molecule has 0 aliphatic rings. The Morgan fingerprint density at radius 1 is 1.19 bits per heavy atom. The number of nitrogens with zero attached hydrogens (tertiary/aromatic N) is 3. The fourth-order valence-electron chi connectivity index (χ4n) is 2.63. The number of benzene rings is 1. The second-order valence-corrected chi connectivity index (χ2v) is 8.75. The Labute approximate surface area is 165 Å². The molecule has 1 aromatic carbocycles. The molecule has 0 aliphatic carbocycles. The first-order chi connectivity index (χ1) is 12.8. The van der Waals surface area contributed by atoms with E-state index in [1.54, 1.807) is 26.2 Å². The summed E-state index contributed by atoms with van der Waals surface area (Å²) in [6.45, 7) is 7.75. The maximum atomic E-state index is 12.5. The standard InChI is InChI=1S/C20H34N4O2S/c1-6-8-9-10-13-16-24(5)20(21-7-2)22-17-18-14-11-12-15-19(18)27(25,26)23(3)4/h6,11-12,14-15H,1,7-10,13,16-17H2,2-5H3,(H,21,22). The number of nitrogens with one attached hydrogen (secondary N) is 1. The Bertz CT molecular complexity index is 714. The van der Waals surface area contributed by atoms with Crippen LogP contribution in [0, 0.1) is 0 Å².